The number of carbonyl (C=O) groups is 1. The molecule has 0 aromatic carbocycles. The molecule has 0 bridgehead atoms. The maximum absolute atomic E-state index is 14.4. The molecule has 4 rings (SSSR count). The summed E-state index contributed by atoms with van der Waals surface area (Å²) >= 11 is 5.99. The van der Waals surface area contributed by atoms with E-state index in [0.717, 1.165) is 6.20 Å². The fourth-order valence-corrected chi connectivity index (χ4v) is 3.42. The lowest BCUT2D eigenvalue weighted by atomic mass is 9.76. The summed E-state index contributed by atoms with van der Waals surface area (Å²) in [6.45, 7) is -1.46. The molecule has 164 valence electrons. The number of amides is 1. The molecule has 12 heteroatoms. The van der Waals surface area contributed by atoms with Gasteiger partial charge in [0.2, 0.25) is 5.91 Å². The van der Waals surface area contributed by atoms with E-state index in [4.69, 9.17) is 11.6 Å². The normalized spacial score (nSPS) is 15.6. The number of rotatable bonds is 5. The van der Waals surface area contributed by atoms with E-state index in [2.05, 4.69) is 25.3 Å². The Balaban J connectivity index is 0.00000181. The van der Waals surface area contributed by atoms with Crippen LogP contribution in [0.25, 0.3) is 22.4 Å². The van der Waals surface area contributed by atoms with Crippen LogP contribution >= 0.6 is 11.6 Å². The second kappa shape index (κ2) is 7.38. The maximum atomic E-state index is 14.4. The average Bonchev–Trinajstić information content (AvgIpc) is 3.06. The van der Waals surface area contributed by atoms with Crippen LogP contribution in [0, 0.1) is 5.82 Å². The van der Waals surface area contributed by atoms with E-state index >= 15 is 0 Å². The van der Waals surface area contributed by atoms with Crippen LogP contribution < -0.4 is 10.6 Å². The lowest BCUT2D eigenvalue weighted by Crippen LogP contribution is -2.58. The number of pyridine rings is 1. The predicted molar refractivity (Wildman–Crippen MR) is 108 cm³/mol. The molecule has 0 atom stereocenters. The second-order valence-corrected chi connectivity index (χ2v) is 7.44. The summed E-state index contributed by atoms with van der Waals surface area (Å²) in [5.74, 6) is -1.82. The third-order valence-electron chi connectivity index (χ3n) is 4.93. The SMILES string of the molecule is O=C(NCC(F)(F)F)C1(Nc2nc(-c3c[nH]c4ncc(Cl)cc34)ncc2F)CCC1.[HH].[HH].[HH]. The Morgan fingerprint density at radius 3 is 2.73 bits per heavy atom. The van der Waals surface area contributed by atoms with Crippen molar-refractivity contribution in [3.63, 3.8) is 0 Å². The summed E-state index contributed by atoms with van der Waals surface area (Å²) in [5, 5.41) is 5.56. The highest BCUT2D eigenvalue weighted by atomic mass is 35.5. The van der Waals surface area contributed by atoms with Crippen molar-refractivity contribution >= 4 is 34.4 Å². The van der Waals surface area contributed by atoms with Gasteiger partial charge in [-0.25, -0.2) is 19.3 Å². The molecule has 3 aromatic rings. The van der Waals surface area contributed by atoms with E-state index in [0.29, 0.717) is 28.0 Å². The van der Waals surface area contributed by atoms with Gasteiger partial charge in [0.25, 0.3) is 0 Å². The number of carbonyl (C=O) groups excluding carboxylic acids is 1. The number of alkyl halides is 3. The predicted octanol–water partition coefficient (Wildman–Crippen LogP) is 4.56. The van der Waals surface area contributed by atoms with Crippen LogP contribution in [0.3, 0.4) is 0 Å². The number of nitrogens with one attached hydrogen (secondary N) is 3. The summed E-state index contributed by atoms with van der Waals surface area (Å²) in [5.41, 5.74) is -0.325. The first-order valence-corrected chi connectivity index (χ1v) is 9.33. The summed E-state index contributed by atoms with van der Waals surface area (Å²) < 4.78 is 51.7. The van der Waals surface area contributed by atoms with Gasteiger partial charge >= 0.3 is 6.18 Å². The monoisotopic (exact) mass is 448 g/mol. The molecule has 1 fully saturated rings. The van der Waals surface area contributed by atoms with Gasteiger partial charge in [0.15, 0.2) is 17.5 Å². The van der Waals surface area contributed by atoms with E-state index in [9.17, 15) is 22.4 Å². The van der Waals surface area contributed by atoms with Gasteiger partial charge in [-0.2, -0.15) is 13.2 Å². The van der Waals surface area contributed by atoms with Crippen molar-refractivity contribution < 1.29 is 26.6 Å². The molecule has 1 saturated carbocycles. The van der Waals surface area contributed by atoms with Gasteiger partial charge in [-0.1, -0.05) is 11.6 Å². The molecule has 0 radical (unpaired) electrons. The lowest BCUT2D eigenvalue weighted by Gasteiger charge is -2.41. The summed E-state index contributed by atoms with van der Waals surface area (Å²) in [6, 6.07) is 1.65. The molecular weight excluding hydrogens is 428 g/mol. The van der Waals surface area contributed by atoms with E-state index in [1.807, 2.05) is 5.32 Å². The van der Waals surface area contributed by atoms with Crippen molar-refractivity contribution in [3.05, 3.63) is 35.5 Å². The molecule has 1 aliphatic carbocycles. The Hall–Kier alpha value is -2.95. The lowest BCUT2D eigenvalue weighted by molar-refractivity contribution is -0.142. The topological polar surface area (TPSA) is 95.6 Å². The van der Waals surface area contributed by atoms with E-state index in [1.54, 1.807) is 12.3 Å². The molecule has 0 aliphatic heterocycles. The molecular formula is C18H21ClF4N6O. The van der Waals surface area contributed by atoms with Gasteiger partial charge in [0.1, 0.15) is 17.7 Å². The second-order valence-electron chi connectivity index (χ2n) is 7.00. The first-order chi connectivity index (χ1) is 14.2. The first-order valence-electron chi connectivity index (χ1n) is 8.96. The fraction of sp³-hybridized carbons (Fsp3) is 0.333. The quantitative estimate of drug-likeness (QED) is 0.497. The Morgan fingerprint density at radius 2 is 2.07 bits per heavy atom. The van der Waals surface area contributed by atoms with Crippen LogP contribution in [-0.2, 0) is 4.79 Å². The van der Waals surface area contributed by atoms with Gasteiger partial charge in [-0.15, -0.1) is 0 Å². The largest absolute Gasteiger partial charge is 0.405 e. The molecule has 0 saturated heterocycles. The molecule has 7 nitrogen and oxygen atoms in total. The van der Waals surface area contributed by atoms with Crippen LogP contribution in [0.1, 0.15) is 23.5 Å². The zero-order chi connectivity index (χ0) is 21.5. The van der Waals surface area contributed by atoms with Crippen LogP contribution in [0.4, 0.5) is 23.4 Å². The van der Waals surface area contributed by atoms with Crippen LogP contribution in [0.15, 0.2) is 24.7 Å². The minimum Gasteiger partial charge on any atom is -0.353 e. The number of aromatic amines is 1. The molecule has 3 aromatic heterocycles. The Kier molecular flexibility index (Phi) is 5.00. The van der Waals surface area contributed by atoms with Crippen molar-refractivity contribution in [1.29, 1.82) is 0 Å². The molecule has 0 unspecified atom stereocenters. The van der Waals surface area contributed by atoms with Crippen LogP contribution in [0.2, 0.25) is 5.02 Å². The number of hydrogen-bond donors (Lipinski definition) is 3. The zero-order valence-corrected chi connectivity index (χ0v) is 16.0. The first kappa shape index (κ1) is 20.3. The highest BCUT2D eigenvalue weighted by Crippen LogP contribution is 2.37. The summed E-state index contributed by atoms with van der Waals surface area (Å²) in [6.07, 6.45) is 0.547. The molecule has 1 aliphatic rings. The van der Waals surface area contributed by atoms with Crippen molar-refractivity contribution in [2.75, 3.05) is 11.9 Å². The molecule has 3 N–H and O–H groups in total. The molecule has 0 spiro atoms. The standard InChI is InChI=1S/C18H15ClF4N6O.3H2/c19-9-4-10-11(6-25-13(10)24-5-9)14-26-7-12(20)15(28-14)29-17(2-1-3-17)16(30)27-8-18(21,22)23;;;/h4-7H,1-3,8H2,(H,24,25)(H,27,30)(H,26,28,29);3*1H. The molecule has 3 heterocycles. The number of fused-ring (bicyclic) bond motifs is 1. The Bertz CT molecular complexity index is 1130. The van der Waals surface area contributed by atoms with Gasteiger partial charge < -0.3 is 15.6 Å². The number of halogens is 5. The zero-order valence-electron chi connectivity index (χ0n) is 15.3. The van der Waals surface area contributed by atoms with E-state index < -0.39 is 30.0 Å². The van der Waals surface area contributed by atoms with Crippen LogP contribution in [-0.4, -0.2) is 44.1 Å². The number of aromatic nitrogens is 4. The van der Waals surface area contributed by atoms with Gasteiger partial charge in [0.05, 0.1) is 11.2 Å². The van der Waals surface area contributed by atoms with Crippen molar-refractivity contribution in [1.82, 2.24) is 25.3 Å². The minimum atomic E-state index is -4.54. The van der Waals surface area contributed by atoms with Crippen molar-refractivity contribution in [3.8, 4) is 11.4 Å². The van der Waals surface area contributed by atoms with Crippen molar-refractivity contribution in [2.45, 2.75) is 31.0 Å². The number of anilines is 1. The van der Waals surface area contributed by atoms with Crippen molar-refractivity contribution in [2.24, 2.45) is 0 Å². The third kappa shape index (κ3) is 3.89. The minimum absolute atomic E-state index is 0. The fourth-order valence-electron chi connectivity index (χ4n) is 3.26. The van der Waals surface area contributed by atoms with Gasteiger partial charge in [0, 0.05) is 27.6 Å². The van der Waals surface area contributed by atoms with Gasteiger partial charge in [-0.3, -0.25) is 4.79 Å². The smallest absolute Gasteiger partial charge is 0.353 e. The van der Waals surface area contributed by atoms with E-state index in [1.165, 1.54) is 6.20 Å². The van der Waals surface area contributed by atoms with Crippen LogP contribution in [0.5, 0.6) is 0 Å². The Labute approximate surface area is 176 Å². The number of hydrogen-bond acceptors (Lipinski definition) is 5. The third-order valence-corrected chi connectivity index (χ3v) is 5.14. The van der Waals surface area contributed by atoms with E-state index in [-0.39, 0.29) is 28.8 Å². The van der Waals surface area contributed by atoms with Gasteiger partial charge in [-0.05, 0) is 25.3 Å². The number of nitrogens with zero attached hydrogens (tertiary/aromatic N) is 3. The number of H-pyrrole nitrogens is 1. The Morgan fingerprint density at radius 1 is 1.30 bits per heavy atom. The summed E-state index contributed by atoms with van der Waals surface area (Å²) in [7, 11) is 0. The molecule has 30 heavy (non-hydrogen) atoms. The highest BCUT2D eigenvalue weighted by molar-refractivity contribution is 6.31. The maximum Gasteiger partial charge on any atom is 0.405 e. The summed E-state index contributed by atoms with van der Waals surface area (Å²) in [4.78, 5) is 27.6. The molecule has 1 amide bonds. The average molecular weight is 449 g/mol. The highest BCUT2D eigenvalue weighted by Gasteiger charge is 2.46.